The van der Waals surface area contributed by atoms with E-state index >= 15 is 0 Å². The number of amides is 2. The molecule has 168 valence electrons. The van der Waals surface area contributed by atoms with Gasteiger partial charge in [0.25, 0.3) is 0 Å². The quantitative estimate of drug-likeness (QED) is 0.714. The molecule has 3 aliphatic rings. The Labute approximate surface area is 192 Å². The minimum atomic E-state index is 0. The summed E-state index contributed by atoms with van der Waals surface area (Å²) in [5, 5.41) is 6.45. The van der Waals surface area contributed by atoms with Gasteiger partial charge in [-0.25, -0.2) is 0 Å². The summed E-state index contributed by atoms with van der Waals surface area (Å²) in [6.45, 7) is 8.83. The van der Waals surface area contributed by atoms with Crippen molar-refractivity contribution in [3.63, 3.8) is 0 Å². The third kappa shape index (κ3) is 5.67. The summed E-state index contributed by atoms with van der Waals surface area (Å²) in [5.41, 5.74) is 2.08. The van der Waals surface area contributed by atoms with Gasteiger partial charge >= 0.3 is 0 Å². The number of piperazine rings is 1. The first-order chi connectivity index (χ1) is 13.6. The second-order valence-electron chi connectivity index (χ2n) is 8.55. The Bertz CT molecular complexity index is 714. The van der Waals surface area contributed by atoms with Crippen molar-refractivity contribution in [3.05, 3.63) is 29.8 Å². The number of piperidine rings is 1. The van der Waals surface area contributed by atoms with Crippen LogP contribution in [0.4, 0.5) is 5.69 Å². The fraction of sp³-hybridized carbons (Fsp3) is 0.636. The molecule has 1 aromatic carbocycles. The molecule has 6 nitrogen and oxygen atoms in total. The van der Waals surface area contributed by atoms with E-state index in [2.05, 4.69) is 22.5 Å². The van der Waals surface area contributed by atoms with Crippen LogP contribution in [0, 0.1) is 11.3 Å². The first kappa shape index (κ1) is 24.9. The molecule has 0 radical (unpaired) electrons. The molecule has 1 unspecified atom stereocenters. The van der Waals surface area contributed by atoms with Crippen molar-refractivity contribution in [3.8, 4) is 0 Å². The summed E-state index contributed by atoms with van der Waals surface area (Å²) in [6.07, 6.45) is 3.68. The van der Waals surface area contributed by atoms with Gasteiger partial charge in [-0.15, -0.1) is 24.8 Å². The van der Waals surface area contributed by atoms with Gasteiger partial charge < -0.3 is 20.4 Å². The lowest BCUT2D eigenvalue weighted by Gasteiger charge is -2.34. The lowest BCUT2D eigenvalue weighted by atomic mass is 9.92. The number of hydrogen-bond acceptors (Lipinski definition) is 4. The van der Waals surface area contributed by atoms with Crippen molar-refractivity contribution < 1.29 is 9.59 Å². The van der Waals surface area contributed by atoms with Gasteiger partial charge in [0.1, 0.15) is 0 Å². The van der Waals surface area contributed by atoms with Gasteiger partial charge in [-0.05, 0) is 62.0 Å². The highest BCUT2D eigenvalue weighted by molar-refractivity contribution is 5.95. The first-order valence-corrected chi connectivity index (χ1v) is 10.7. The van der Waals surface area contributed by atoms with Gasteiger partial charge in [0.15, 0.2) is 0 Å². The van der Waals surface area contributed by atoms with E-state index in [1.54, 1.807) is 0 Å². The van der Waals surface area contributed by atoms with Crippen LogP contribution in [-0.4, -0.2) is 67.4 Å². The van der Waals surface area contributed by atoms with E-state index in [1.807, 2.05) is 29.2 Å². The minimum absolute atomic E-state index is 0. The molecule has 30 heavy (non-hydrogen) atoms. The van der Waals surface area contributed by atoms with Crippen LogP contribution in [0.5, 0.6) is 0 Å². The summed E-state index contributed by atoms with van der Waals surface area (Å²) in [7, 11) is 0. The Morgan fingerprint density at radius 3 is 2.30 bits per heavy atom. The number of anilines is 1. The van der Waals surface area contributed by atoms with E-state index in [0.717, 1.165) is 76.3 Å². The SMILES string of the molecule is CCN1CCN(C(=O)Cc2ccc(NC(=O)C3CC34CCNCC4)cc2)CC1.Cl.Cl. The smallest absolute Gasteiger partial charge is 0.228 e. The lowest BCUT2D eigenvalue weighted by molar-refractivity contribution is -0.132. The molecule has 2 aliphatic heterocycles. The molecule has 1 saturated carbocycles. The number of halogens is 2. The molecule has 1 aromatic rings. The standard InChI is InChI=1S/C22H32N4O2.2ClH/c1-2-25-11-13-26(14-12-25)20(27)15-17-3-5-18(6-4-17)24-21(28)19-16-22(19)7-9-23-10-8-22;;/h3-6,19,23H,2,7-16H2,1H3,(H,24,28);2*1H. The average molecular weight is 457 g/mol. The molecule has 0 bridgehead atoms. The maximum atomic E-state index is 12.6. The molecule has 8 heteroatoms. The molecule has 3 fully saturated rings. The predicted molar refractivity (Wildman–Crippen MR) is 125 cm³/mol. The molecule has 2 saturated heterocycles. The number of rotatable bonds is 5. The third-order valence-corrected chi connectivity index (χ3v) is 6.85. The van der Waals surface area contributed by atoms with Gasteiger partial charge in [-0.1, -0.05) is 19.1 Å². The summed E-state index contributed by atoms with van der Waals surface area (Å²) in [6, 6.07) is 7.77. The number of carbonyl (C=O) groups is 2. The Morgan fingerprint density at radius 2 is 1.70 bits per heavy atom. The number of nitrogens with zero attached hydrogens (tertiary/aromatic N) is 2. The number of benzene rings is 1. The highest BCUT2D eigenvalue weighted by Gasteiger charge is 2.57. The zero-order valence-corrected chi connectivity index (χ0v) is 19.3. The molecule has 2 N–H and O–H groups in total. The Hall–Kier alpha value is -1.34. The van der Waals surface area contributed by atoms with Gasteiger partial charge in [0.2, 0.25) is 11.8 Å². The average Bonchev–Trinajstić information content (AvgIpc) is 3.43. The van der Waals surface area contributed by atoms with E-state index in [1.165, 1.54) is 0 Å². The maximum absolute atomic E-state index is 12.6. The highest BCUT2D eigenvalue weighted by atomic mass is 35.5. The molecule has 2 amide bonds. The zero-order chi connectivity index (χ0) is 19.6. The maximum Gasteiger partial charge on any atom is 0.228 e. The van der Waals surface area contributed by atoms with Gasteiger partial charge in [0.05, 0.1) is 6.42 Å². The molecule has 4 rings (SSSR count). The largest absolute Gasteiger partial charge is 0.340 e. The summed E-state index contributed by atoms with van der Waals surface area (Å²) in [4.78, 5) is 29.4. The van der Waals surface area contributed by atoms with Crippen molar-refractivity contribution in [2.45, 2.75) is 32.6 Å². The van der Waals surface area contributed by atoms with Crippen molar-refractivity contribution in [2.24, 2.45) is 11.3 Å². The molecular formula is C22H34Cl2N4O2. The van der Waals surface area contributed by atoms with Crippen LogP contribution in [0.3, 0.4) is 0 Å². The van der Waals surface area contributed by atoms with Crippen LogP contribution in [0.15, 0.2) is 24.3 Å². The Morgan fingerprint density at radius 1 is 1.07 bits per heavy atom. The number of likely N-dealkylation sites (N-methyl/N-ethyl adjacent to an activating group) is 1. The van der Waals surface area contributed by atoms with E-state index in [9.17, 15) is 9.59 Å². The molecular weight excluding hydrogens is 423 g/mol. The first-order valence-electron chi connectivity index (χ1n) is 10.7. The van der Waals surface area contributed by atoms with Crippen LogP contribution in [0.1, 0.15) is 31.7 Å². The van der Waals surface area contributed by atoms with Gasteiger partial charge in [-0.2, -0.15) is 0 Å². The van der Waals surface area contributed by atoms with Gasteiger partial charge in [-0.3, -0.25) is 9.59 Å². The predicted octanol–water partition coefficient (Wildman–Crippen LogP) is 2.57. The van der Waals surface area contributed by atoms with Gasteiger partial charge in [0, 0.05) is 37.8 Å². The van der Waals surface area contributed by atoms with Crippen LogP contribution in [0.25, 0.3) is 0 Å². The van der Waals surface area contributed by atoms with Crippen LogP contribution in [-0.2, 0) is 16.0 Å². The second kappa shape index (κ2) is 10.8. The highest BCUT2D eigenvalue weighted by Crippen LogP contribution is 2.58. The summed E-state index contributed by atoms with van der Waals surface area (Å²) >= 11 is 0. The van der Waals surface area contributed by atoms with Crippen molar-refractivity contribution >= 4 is 42.3 Å². The van der Waals surface area contributed by atoms with E-state index in [0.29, 0.717) is 6.42 Å². The van der Waals surface area contributed by atoms with E-state index < -0.39 is 0 Å². The number of nitrogens with one attached hydrogen (secondary N) is 2. The fourth-order valence-electron chi connectivity index (χ4n) is 4.73. The van der Waals surface area contributed by atoms with Crippen molar-refractivity contribution in [2.75, 3.05) is 51.1 Å². The second-order valence-corrected chi connectivity index (χ2v) is 8.55. The fourth-order valence-corrected chi connectivity index (χ4v) is 4.73. The molecule has 1 atom stereocenters. The van der Waals surface area contributed by atoms with Crippen LogP contribution in [0.2, 0.25) is 0 Å². The molecule has 0 aromatic heterocycles. The Kier molecular flexibility index (Phi) is 8.98. The molecule has 1 spiro atoms. The third-order valence-electron chi connectivity index (χ3n) is 6.85. The monoisotopic (exact) mass is 456 g/mol. The van der Waals surface area contributed by atoms with E-state index in [-0.39, 0.29) is 48.0 Å². The molecule has 2 heterocycles. The normalized spacial score (nSPS) is 22.6. The van der Waals surface area contributed by atoms with Crippen molar-refractivity contribution in [1.29, 1.82) is 0 Å². The molecule has 1 aliphatic carbocycles. The summed E-state index contributed by atoms with van der Waals surface area (Å²) in [5.74, 6) is 0.510. The van der Waals surface area contributed by atoms with Crippen LogP contribution >= 0.6 is 24.8 Å². The Balaban J connectivity index is 0.00000160. The van der Waals surface area contributed by atoms with E-state index in [4.69, 9.17) is 0 Å². The zero-order valence-electron chi connectivity index (χ0n) is 17.7. The van der Waals surface area contributed by atoms with Crippen LogP contribution < -0.4 is 10.6 Å². The van der Waals surface area contributed by atoms with Crippen molar-refractivity contribution in [1.82, 2.24) is 15.1 Å². The topological polar surface area (TPSA) is 64.7 Å². The summed E-state index contributed by atoms with van der Waals surface area (Å²) < 4.78 is 0. The lowest BCUT2D eigenvalue weighted by Crippen LogP contribution is -2.48. The number of carbonyl (C=O) groups excluding carboxylic acids is 2. The minimum Gasteiger partial charge on any atom is -0.340 e. The number of hydrogen-bond donors (Lipinski definition) is 2.